The van der Waals surface area contributed by atoms with Gasteiger partial charge in [-0.3, -0.25) is 0 Å². The number of anilines is 1. The van der Waals surface area contributed by atoms with Crippen molar-refractivity contribution in [1.29, 1.82) is 5.26 Å². The normalized spacial score (nSPS) is 22.9. The highest BCUT2D eigenvalue weighted by Gasteiger charge is 2.29. The van der Waals surface area contributed by atoms with Gasteiger partial charge in [-0.25, -0.2) is 0 Å². The summed E-state index contributed by atoms with van der Waals surface area (Å²) >= 11 is 0. The van der Waals surface area contributed by atoms with Crippen molar-refractivity contribution in [2.75, 3.05) is 24.6 Å². The zero-order valence-corrected chi connectivity index (χ0v) is 11.6. The molecule has 0 spiro atoms. The van der Waals surface area contributed by atoms with Crippen LogP contribution in [-0.2, 0) is 0 Å². The molecule has 0 amide bonds. The molecule has 4 nitrogen and oxygen atoms in total. The van der Waals surface area contributed by atoms with Crippen LogP contribution in [0.3, 0.4) is 0 Å². The molecule has 2 atom stereocenters. The highest BCUT2D eigenvalue weighted by atomic mass is 16.5. The van der Waals surface area contributed by atoms with E-state index in [2.05, 4.69) is 29.3 Å². The van der Waals surface area contributed by atoms with Gasteiger partial charge in [-0.2, -0.15) is 5.26 Å². The minimum absolute atomic E-state index is 0.204. The third-order valence-electron chi connectivity index (χ3n) is 3.46. The molecule has 1 aliphatic rings. The highest BCUT2D eigenvalue weighted by molar-refractivity contribution is 5.60. The fraction of sp³-hybridized carbons (Fsp3) is 0.533. The molecule has 0 aromatic heterocycles. The van der Waals surface area contributed by atoms with Crippen molar-refractivity contribution < 1.29 is 4.74 Å². The summed E-state index contributed by atoms with van der Waals surface area (Å²) < 4.78 is 5.72. The van der Waals surface area contributed by atoms with Gasteiger partial charge in [-0.1, -0.05) is 12.1 Å². The number of piperazine rings is 1. The molecule has 1 fully saturated rings. The lowest BCUT2D eigenvalue weighted by Crippen LogP contribution is -2.56. The number of hydrogen-bond donors (Lipinski definition) is 1. The smallest absolute Gasteiger partial charge is 0.142 e. The van der Waals surface area contributed by atoms with Crippen LogP contribution in [0.5, 0.6) is 5.75 Å². The number of para-hydroxylation sites is 2. The Labute approximate surface area is 115 Å². The maximum atomic E-state index is 9.01. The van der Waals surface area contributed by atoms with E-state index in [1.54, 1.807) is 0 Å². The van der Waals surface area contributed by atoms with Crippen molar-refractivity contribution in [3.63, 3.8) is 0 Å². The van der Waals surface area contributed by atoms with Gasteiger partial charge >= 0.3 is 0 Å². The lowest BCUT2D eigenvalue weighted by molar-refractivity contribution is 0.335. The highest BCUT2D eigenvalue weighted by Crippen LogP contribution is 2.32. The molecule has 1 saturated heterocycles. The SMILES string of the molecule is CCOc1ccccc1N1C(C)CNCC1CC#N. The molecular weight excluding hydrogens is 238 g/mol. The molecule has 2 rings (SSSR count). The second kappa shape index (κ2) is 6.44. The lowest BCUT2D eigenvalue weighted by Gasteiger charge is -2.42. The number of hydrogen-bond acceptors (Lipinski definition) is 4. The minimum atomic E-state index is 0.204. The number of nitriles is 1. The molecule has 1 N–H and O–H groups in total. The van der Waals surface area contributed by atoms with Gasteiger partial charge in [0.05, 0.1) is 30.8 Å². The van der Waals surface area contributed by atoms with Crippen LogP contribution >= 0.6 is 0 Å². The fourth-order valence-electron chi connectivity index (χ4n) is 2.67. The lowest BCUT2D eigenvalue weighted by atomic mass is 10.0. The summed E-state index contributed by atoms with van der Waals surface area (Å²) in [5, 5.41) is 12.4. The Morgan fingerprint density at radius 1 is 1.42 bits per heavy atom. The van der Waals surface area contributed by atoms with E-state index in [1.165, 1.54) is 0 Å². The van der Waals surface area contributed by atoms with E-state index in [4.69, 9.17) is 10.00 Å². The van der Waals surface area contributed by atoms with E-state index in [1.807, 2.05) is 25.1 Å². The summed E-state index contributed by atoms with van der Waals surface area (Å²) in [7, 11) is 0. The van der Waals surface area contributed by atoms with Crippen molar-refractivity contribution in [3.05, 3.63) is 24.3 Å². The summed E-state index contributed by atoms with van der Waals surface area (Å²) in [6.45, 7) is 6.60. The van der Waals surface area contributed by atoms with Crippen LogP contribution in [0, 0.1) is 11.3 Å². The largest absolute Gasteiger partial charge is 0.492 e. The van der Waals surface area contributed by atoms with Gasteiger partial charge in [0, 0.05) is 19.1 Å². The maximum Gasteiger partial charge on any atom is 0.142 e. The first kappa shape index (κ1) is 13.7. The summed E-state index contributed by atoms with van der Waals surface area (Å²) in [5.41, 5.74) is 1.10. The summed E-state index contributed by atoms with van der Waals surface area (Å²) in [6.07, 6.45) is 0.526. The van der Waals surface area contributed by atoms with Crippen molar-refractivity contribution in [2.45, 2.75) is 32.4 Å². The quantitative estimate of drug-likeness (QED) is 0.900. The standard InChI is InChI=1S/C15H21N3O/c1-3-19-15-7-5-4-6-14(15)18-12(2)10-17-11-13(18)8-9-16/h4-7,12-13,17H,3,8,10-11H2,1-2H3. The molecule has 0 aliphatic carbocycles. The average molecular weight is 259 g/mol. The molecule has 1 heterocycles. The van der Waals surface area contributed by atoms with Gasteiger partial charge in [0.2, 0.25) is 0 Å². The van der Waals surface area contributed by atoms with Crippen LogP contribution in [0.1, 0.15) is 20.3 Å². The van der Waals surface area contributed by atoms with Gasteiger partial charge in [-0.05, 0) is 26.0 Å². The van der Waals surface area contributed by atoms with E-state index >= 15 is 0 Å². The molecule has 1 aromatic rings. The Kier molecular flexibility index (Phi) is 4.64. The van der Waals surface area contributed by atoms with Crippen molar-refractivity contribution in [3.8, 4) is 11.8 Å². The average Bonchev–Trinajstić information content (AvgIpc) is 2.41. The van der Waals surface area contributed by atoms with Crippen molar-refractivity contribution in [2.24, 2.45) is 0 Å². The molecule has 102 valence electrons. The van der Waals surface area contributed by atoms with Crippen LogP contribution in [0.15, 0.2) is 24.3 Å². The fourth-order valence-corrected chi connectivity index (χ4v) is 2.67. The number of benzene rings is 1. The summed E-state index contributed by atoms with van der Waals surface area (Å²) in [4.78, 5) is 2.32. The molecule has 19 heavy (non-hydrogen) atoms. The van der Waals surface area contributed by atoms with E-state index in [-0.39, 0.29) is 6.04 Å². The zero-order valence-electron chi connectivity index (χ0n) is 11.6. The minimum Gasteiger partial charge on any atom is -0.492 e. The van der Waals surface area contributed by atoms with E-state index in [9.17, 15) is 0 Å². The number of nitrogens with zero attached hydrogens (tertiary/aromatic N) is 2. The van der Waals surface area contributed by atoms with Gasteiger partial charge in [0.1, 0.15) is 5.75 Å². The van der Waals surface area contributed by atoms with Crippen LogP contribution in [0.4, 0.5) is 5.69 Å². The van der Waals surface area contributed by atoms with E-state index < -0.39 is 0 Å². The van der Waals surface area contributed by atoms with Gasteiger partial charge in [0.15, 0.2) is 0 Å². The third kappa shape index (κ3) is 2.99. The van der Waals surface area contributed by atoms with Gasteiger partial charge < -0.3 is 15.0 Å². The molecule has 4 heteroatoms. The van der Waals surface area contributed by atoms with Gasteiger partial charge in [-0.15, -0.1) is 0 Å². The molecule has 1 aliphatic heterocycles. The van der Waals surface area contributed by atoms with E-state index in [0.717, 1.165) is 24.5 Å². The Hall–Kier alpha value is -1.73. The second-order valence-electron chi connectivity index (χ2n) is 4.83. The predicted molar refractivity (Wildman–Crippen MR) is 76.4 cm³/mol. The zero-order chi connectivity index (χ0) is 13.7. The molecular formula is C15H21N3O. The monoisotopic (exact) mass is 259 g/mol. The first-order valence-corrected chi connectivity index (χ1v) is 6.85. The Balaban J connectivity index is 2.33. The Morgan fingerprint density at radius 2 is 2.21 bits per heavy atom. The molecule has 1 aromatic carbocycles. The van der Waals surface area contributed by atoms with E-state index in [0.29, 0.717) is 19.1 Å². The Bertz CT molecular complexity index is 455. The first-order chi connectivity index (χ1) is 9.27. The Morgan fingerprint density at radius 3 is 2.95 bits per heavy atom. The summed E-state index contributed by atoms with van der Waals surface area (Å²) in [5.74, 6) is 0.904. The number of ether oxygens (including phenoxy) is 1. The van der Waals surface area contributed by atoms with Crippen LogP contribution < -0.4 is 15.0 Å². The molecule has 0 bridgehead atoms. The van der Waals surface area contributed by atoms with Gasteiger partial charge in [0.25, 0.3) is 0 Å². The van der Waals surface area contributed by atoms with Crippen LogP contribution in [-0.4, -0.2) is 31.8 Å². The maximum absolute atomic E-state index is 9.01. The first-order valence-electron chi connectivity index (χ1n) is 6.85. The van der Waals surface area contributed by atoms with Crippen LogP contribution in [0.2, 0.25) is 0 Å². The third-order valence-corrected chi connectivity index (χ3v) is 3.46. The number of nitrogens with one attached hydrogen (secondary N) is 1. The number of rotatable bonds is 4. The molecule has 0 saturated carbocycles. The topological polar surface area (TPSA) is 48.3 Å². The summed E-state index contributed by atoms with van der Waals surface area (Å²) in [6, 6.07) is 10.9. The van der Waals surface area contributed by atoms with Crippen molar-refractivity contribution in [1.82, 2.24) is 5.32 Å². The molecule has 2 unspecified atom stereocenters. The predicted octanol–water partition coefficient (Wildman–Crippen LogP) is 2.17. The van der Waals surface area contributed by atoms with Crippen LogP contribution in [0.25, 0.3) is 0 Å². The second-order valence-corrected chi connectivity index (χ2v) is 4.83. The van der Waals surface area contributed by atoms with Crippen molar-refractivity contribution >= 4 is 5.69 Å². The molecule has 0 radical (unpaired) electrons.